The second-order valence-electron chi connectivity index (χ2n) is 6.28. The van der Waals surface area contributed by atoms with E-state index in [1.165, 1.54) is 18.7 Å². The highest BCUT2D eigenvalue weighted by Gasteiger charge is 2.18. The lowest BCUT2D eigenvalue weighted by atomic mass is 10.1. The highest BCUT2D eigenvalue weighted by Crippen LogP contribution is 2.26. The molecule has 0 spiro atoms. The number of anilines is 1. The molecule has 0 bridgehead atoms. The molecule has 1 aromatic heterocycles. The average Bonchev–Trinajstić information content (AvgIpc) is 3.17. The quantitative estimate of drug-likeness (QED) is 0.668. The number of nitrogens with one attached hydrogen (secondary N) is 2. The van der Waals surface area contributed by atoms with Crippen LogP contribution in [0.4, 0.5) is 5.69 Å². The minimum Gasteiger partial charge on any atom is -0.355 e. The predicted octanol–water partition coefficient (Wildman–Crippen LogP) is 3.09. The summed E-state index contributed by atoms with van der Waals surface area (Å²) < 4.78 is 1.62. The van der Waals surface area contributed by atoms with Gasteiger partial charge in [0.15, 0.2) is 5.69 Å². The summed E-state index contributed by atoms with van der Waals surface area (Å²) in [5.74, 6) is -0.783. The number of benzene rings is 2. The molecule has 0 radical (unpaired) electrons. The third kappa shape index (κ3) is 4.55. The Morgan fingerprint density at radius 1 is 1.14 bits per heavy atom. The molecule has 0 aliphatic heterocycles. The fourth-order valence-corrected chi connectivity index (χ4v) is 3.07. The molecule has 0 atom stereocenters. The number of halogens is 1. The molecule has 3 aromatic rings. The van der Waals surface area contributed by atoms with E-state index >= 15 is 0 Å². The van der Waals surface area contributed by atoms with Gasteiger partial charge in [-0.2, -0.15) is 0 Å². The Labute approximate surface area is 167 Å². The van der Waals surface area contributed by atoms with Crippen molar-refractivity contribution in [2.24, 2.45) is 0 Å². The summed E-state index contributed by atoms with van der Waals surface area (Å²) in [6, 6.07) is 13.2. The number of aryl methyl sites for hydroxylation is 3. The molecular weight excluding hydrogens is 378 g/mol. The molecule has 0 saturated heterocycles. The van der Waals surface area contributed by atoms with E-state index in [0.717, 1.165) is 6.42 Å². The van der Waals surface area contributed by atoms with Crippen LogP contribution in [0, 0.1) is 6.92 Å². The lowest BCUT2D eigenvalue weighted by molar-refractivity contribution is 0.0964. The molecule has 2 aromatic carbocycles. The molecule has 1 heterocycles. The van der Waals surface area contributed by atoms with Gasteiger partial charge in [0.05, 0.1) is 17.4 Å². The van der Waals surface area contributed by atoms with E-state index in [-0.39, 0.29) is 17.2 Å². The first-order valence-electron chi connectivity index (χ1n) is 8.75. The van der Waals surface area contributed by atoms with Crippen LogP contribution in [0.2, 0.25) is 5.02 Å². The summed E-state index contributed by atoms with van der Waals surface area (Å²) in [7, 11) is 1.52. The molecule has 2 N–H and O–H groups in total. The predicted molar refractivity (Wildman–Crippen MR) is 108 cm³/mol. The second kappa shape index (κ2) is 8.67. The Morgan fingerprint density at radius 2 is 1.89 bits per heavy atom. The molecule has 0 fully saturated rings. The Morgan fingerprint density at radius 3 is 2.61 bits per heavy atom. The van der Waals surface area contributed by atoms with Gasteiger partial charge in [-0.25, -0.2) is 0 Å². The van der Waals surface area contributed by atoms with Crippen molar-refractivity contribution < 1.29 is 9.59 Å². The molecule has 3 rings (SSSR count). The number of hydrogen-bond donors (Lipinski definition) is 2. The zero-order valence-corrected chi connectivity index (χ0v) is 16.3. The summed E-state index contributed by atoms with van der Waals surface area (Å²) in [6.45, 7) is 2.37. The van der Waals surface area contributed by atoms with Crippen molar-refractivity contribution >= 4 is 29.1 Å². The monoisotopic (exact) mass is 397 g/mol. The summed E-state index contributed by atoms with van der Waals surface area (Å²) in [6.07, 6.45) is 2.37. The fraction of sp³-hybridized carbons (Fsp3) is 0.200. The zero-order valence-electron chi connectivity index (χ0n) is 15.6. The van der Waals surface area contributed by atoms with Crippen LogP contribution in [0.15, 0.2) is 48.7 Å². The Kier molecular flexibility index (Phi) is 6.06. The van der Waals surface area contributed by atoms with Crippen LogP contribution in [0.25, 0.3) is 0 Å². The first kappa shape index (κ1) is 19.6. The van der Waals surface area contributed by atoms with Gasteiger partial charge in [-0.3, -0.25) is 14.3 Å². The normalized spacial score (nSPS) is 10.5. The van der Waals surface area contributed by atoms with Gasteiger partial charge in [0, 0.05) is 18.6 Å². The SMILES string of the molecule is CNC(=O)c1cc(Cl)cc(C)c1NC(=O)c1cn(CCc2ccccc2)nn1. The molecule has 8 heteroatoms. The van der Waals surface area contributed by atoms with Crippen molar-refractivity contribution in [3.05, 3.63) is 76.1 Å². The fourth-order valence-electron chi connectivity index (χ4n) is 2.80. The number of hydrogen-bond acceptors (Lipinski definition) is 4. The van der Waals surface area contributed by atoms with E-state index in [4.69, 9.17) is 11.6 Å². The van der Waals surface area contributed by atoms with Crippen LogP contribution in [0.5, 0.6) is 0 Å². The van der Waals surface area contributed by atoms with Crippen LogP contribution in [-0.4, -0.2) is 33.9 Å². The van der Waals surface area contributed by atoms with Crippen molar-refractivity contribution in [2.75, 3.05) is 12.4 Å². The van der Waals surface area contributed by atoms with Gasteiger partial charge in [-0.1, -0.05) is 47.1 Å². The first-order chi connectivity index (χ1) is 13.5. The second-order valence-corrected chi connectivity index (χ2v) is 6.72. The van der Waals surface area contributed by atoms with Gasteiger partial charge in [0.25, 0.3) is 11.8 Å². The molecule has 144 valence electrons. The Balaban J connectivity index is 1.74. The van der Waals surface area contributed by atoms with Crippen molar-refractivity contribution in [1.29, 1.82) is 0 Å². The zero-order chi connectivity index (χ0) is 20.1. The largest absolute Gasteiger partial charge is 0.355 e. The lowest BCUT2D eigenvalue weighted by Gasteiger charge is -2.13. The number of rotatable bonds is 6. The van der Waals surface area contributed by atoms with Crippen molar-refractivity contribution in [3.8, 4) is 0 Å². The maximum absolute atomic E-state index is 12.6. The van der Waals surface area contributed by atoms with Gasteiger partial charge in [0.2, 0.25) is 0 Å². The van der Waals surface area contributed by atoms with Crippen LogP contribution in [0.3, 0.4) is 0 Å². The molecule has 0 aliphatic carbocycles. The molecular formula is C20H20ClN5O2. The summed E-state index contributed by atoms with van der Waals surface area (Å²) in [5, 5.41) is 13.7. The molecule has 7 nitrogen and oxygen atoms in total. The van der Waals surface area contributed by atoms with Crippen molar-refractivity contribution in [1.82, 2.24) is 20.3 Å². The van der Waals surface area contributed by atoms with Gasteiger partial charge in [-0.05, 0) is 36.6 Å². The molecule has 2 amide bonds. The van der Waals surface area contributed by atoms with Crippen LogP contribution < -0.4 is 10.6 Å². The Bertz CT molecular complexity index is 1000. The van der Waals surface area contributed by atoms with Crippen LogP contribution in [-0.2, 0) is 13.0 Å². The number of amides is 2. The molecule has 0 aliphatic rings. The van der Waals surface area contributed by atoms with Gasteiger partial charge < -0.3 is 10.6 Å². The smallest absolute Gasteiger partial charge is 0.277 e. The van der Waals surface area contributed by atoms with Crippen molar-refractivity contribution in [2.45, 2.75) is 19.9 Å². The molecule has 0 saturated carbocycles. The summed E-state index contributed by atoms with van der Waals surface area (Å²) in [4.78, 5) is 24.7. The van der Waals surface area contributed by atoms with Crippen molar-refractivity contribution in [3.63, 3.8) is 0 Å². The number of nitrogens with zero attached hydrogens (tertiary/aromatic N) is 3. The lowest BCUT2D eigenvalue weighted by Crippen LogP contribution is -2.22. The highest BCUT2D eigenvalue weighted by atomic mass is 35.5. The minimum atomic E-state index is -0.443. The number of carbonyl (C=O) groups is 2. The first-order valence-corrected chi connectivity index (χ1v) is 9.13. The third-order valence-corrected chi connectivity index (χ3v) is 4.47. The van der Waals surface area contributed by atoms with E-state index in [1.54, 1.807) is 23.9 Å². The Hall–Kier alpha value is -3.19. The number of aromatic nitrogens is 3. The van der Waals surface area contributed by atoms with Gasteiger partial charge in [0.1, 0.15) is 0 Å². The highest BCUT2D eigenvalue weighted by molar-refractivity contribution is 6.31. The third-order valence-electron chi connectivity index (χ3n) is 4.25. The van der Waals surface area contributed by atoms with Gasteiger partial charge >= 0.3 is 0 Å². The maximum atomic E-state index is 12.6. The van der Waals surface area contributed by atoms with E-state index in [0.29, 0.717) is 22.8 Å². The van der Waals surface area contributed by atoms with Gasteiger partial charge in [-0.15, -0.1) is 5.10 Å². The average molecular weight is 398 g/mol. The summed E-state index contributed by atoms with van der Waals surface area (Å²) >= 11 is 6.05. The summed E-state index contributed by atoms with van der Waals surface area (Å²) in [5.41, 5.74) is 2.71. The molecule has 0 unspecified atom stereocenters. The molecule has 28 heavy (non-hydrogen) atoms. The van der Waals surface area contributed by atoms with E-state index < -0.39 is 5.91 Å². The van der Waals surface area contributed by atoms with E-state index in [1.807, 2.05) is 30.3 Å². The van der Waals surface area contributed by atoms with E-state index in [9.17, 15) is 9.59 Å². The minimum absolute atomic E-state index is 0.172. The standard InChI is InChI=1S/C20H20ClN5O2/c1-13-10-15(21)11-16(19(27)22-2)18(13)23-20(28)17-12-26(25-24-17)9-8-14-6-4-3-5-7-14/h3-7,10-12H,8-9H2,1-2H3,(H,22,27)(H,23,28). The van der Waals surface area contributed by atoms with Crippen LogP contribution in [0.1, 0.15) is 32.0 Å². The topological polar surface area (TPSA) is 88.9 Å². The van der Waals surface area contributed by atoms with Crippen LogP contribution >= 0.6 is 11.6 Å². The van der Waals surface area contributed by atoms with E-state index in [2.05, 4.69) is 20.9 Å². The maximum Gasteiger partial charge on any atom is 0.277 e. The number of carbonyl (C=O) groups excluding carboxylic acids is 2.